The Bertz CT molecular complexity index is 1330. The minimum absolute atomic E-state index is 0.0140. The molecule has 0 unspecified atom stereocenters. The Labute approximate surface area is 198 Å². The second-order valence-electron chi connectivity index (χ2n) is 8.34. The van der Waals surface area contributed by atoms with Crippen LogP contribution in [0.5, 0.6) is 5.75 Å². The van der Waals surface area contributed by atoms with Gasteiger partial charge in [0.25, 0.3) is 0 Å². The number of rotatable bonds is 9. The normalized spacial score (nSPS) is 10.9. The van der Waals surface area contributed by atoms with E-state index < -0.39 is 5.82 Å². The Morgan fingerprint density at radius 1 is 0.941 bits per heavy atom. The molecule has 0 atom stereocenters. The van der Waals surface area contributed by atoms with Gasteiger partial charge in [0.05, 0.1) is 24.1 Å². The smallest absolute Gasteiger partial charge is 0.141 e. The molecule has 4 rings (SSSR count). The molecule has 0 fully saturated rings. The molecular weight excluding hydrogens is 430 g/mol. The van der Waals surface area contributed by atoms with E-state index >= 15 is 4.39 Å². The SMILES string of the molecule is CCCCCOc1ccc(-c2ccc3c(F)c(CCc4ccc(C#N)c(F)c4)ccc3c2)nc1. The van der Waals surface area contributed by atoms with Gasteiger partial charge in [-0.1, -0.05) is 50.1 Å². The summed E-state index contributed by atoms with van der Waals surface area (Å²) in [6.07, 6.45) is 5.98. The van der Waals surface area contributed by atoms with Gasteiger partial charge in [0.1, 0.15) is 23.5 Å². The molecule has 3 aromatic carbocycles. The number of aryl methyl sites for hydroxylation is 2. The lowest BCUT2D eigenvalue weighted by Gasteiger charge is -2.10. The zero-order chi connectivity index (χ0) is 23.9. The van der Waals surface area contributed by atoms with Crippen molar-refractivity contribution in [1.82, 2.24) is 4.98 Å². The van der Waals surface area contributed by atoms with E-state index in [2.05, 4.69) is 11.9 Å². The number of fused-ring (bicyclic) bond motifs is 1. The fraction of sp³-hybridized carbons (Fsp3) is 0.241. The highest BCUT2D eigenvalue weighted by molar-refractivity contribution is 5.88. The summed E-state index contributed by atoms with van der Waals surface area (Å²) in [5, 5.41) is 10.2. The van der Waals surface area contributed by atoms with Gasteiger partial charge < -0.3 is 4.74 Å². The number of ether oxygens (including phenoxy) is 1. The number of hydrogen-bond donors (Lipinski definition) is 0. The minimum Gasteiger partial charge on any atom is -0.492 e. The molecule has 0 bridgehead atoms. The fourth-order valence-corrected chi connectivity index (χ4v) is 3.95. The maximum atomic E-state index is 15.2. The van der Waals surface area contributed by atoms with Gasteiger partial charge >= 0.3 is 0 Å². The Balaban J connectivity index is 1.47. The largest absolute Gasteiger partial charge is 0.492 e. The number of halogens is 2. The lowest BCUT2D eigenvalue weighted by Crippen LogP contribution is -1.98. The molecule has 5 heteroatoms. The van der Waals surface area contributed by atoms with Crippen molar-refractivity contribution in [3.8, 4) is 23.1 Å². The van der Waals surface area contributed by atoms with Gasteiger partial charge in [0.15, 0.2) is 0 Å². The molecule has 0 aliphatic rings. The van der Waals surface area contributed by atoms with Crippen LogP contribution in [0.4, 0.5) is 8.78 Å². The van der Waals surface area contributed by atoms with E-state index in [4.69, 9.17) is 10.00 Å². The summed E-state index contributed by atoms with van der Waals surface area (Å²) in [7, 11) is 0. The quantitative estimate of drug-likeness (QED) is 0.246. The third-order valence-corrected chi connectivity index (χ3v) is 5.92. The molecule has 0 saturated carbocycles. The van der Waals surface area contributed by atoms with Crippen LogP contribution in [0.1, 0.15) is 42.9 Å². The van der Waals surface area contributed by atoms with Crippen molar-refractivity contribution in [2.24, 2.45) is 0 Å². The number of pyridine rings is 1. The summed E-state index contributed by atoms with van der Waals surface area (Å²) in [6, 6.07) is 19.4. The number of aromatic nitrogens is 1. The summed E-state index contributed by atoms with van der Waals surface area (Å²) in [4.78, 5) is 4.51. The molecule has 0 radical (unpaired) electrons. The van der Waals surface area contributed by atoms with Crippen LogP contribution in [-0.2, 0) is 12.8 Å². The topological polar surface area (TPSA) is 45.9 Å². The predicted molar refractivity (Wildman–Crippen MR) is 131 cm³/mol. The van der Waals surface area contributed by atoms with Crippen molar-refractivity contribution < 1.29 is 13.5 Å². The third kappa shape index (κ3) is 5.40. The first kappa shape index (κ1) is 23.4. The fourth-order valence-electron chi connectivity index (χ4n) is 3.95. The van der Waals surface area contributed by atoms with Crippen LogP contribution >= 0.6 is 0 Å². The molecule has 0 N–H and O–H groups in total. The molecule has 172 valence electrons. The number of nitriles is 1. The van der Waals surface area contributed by atoms with E-state index in [-0.39, 0.29) is 11.4 Å². The predicted octanol–water partition coefficient (Wildman–Crippen LogP) is 7.41. The summed E-state index contributed by atoms with van der Waals surface area (Å²) < 4.78 is 34.7. The Morgan fingerprint density at radius 3 is 2.56 bits per heavy atom. The standard InChI is InChI=1S/C29H26F2N2O/c1-2-3-4-15-34-25-12-14-28(33-19-25)23-11-13-26-22(17-23)10-9-21(29(26)31)7-5-20-6-8-24(18-32)27(30)16-20/h6,8-14,16-17,19H,2-5,7,15H2,1H3. The average molecular weight is 457 g/mol. The lowest BCUT2D eigenvalue weighted by atomic mass is 9.98. The monoisotopic (exact) mass is 456 g/mol. The van der Waals surface area contributed by atoms with E-state index in [0.717, 1.165) is 47.2 Å². The summed E-state index contributed by atoms with van der Waals surface area (Å²) in [6.45, 7) is 2.85. The Hall–Kier alpha value is -3.78. The number of benzene rings is 3. The van der Waals surface area contributed by atoms with E-state index in [1.165, 1.54) is 12.1 Å². The molecule has 4 aromatic rings. The Kier molecular flexibility index (Phi) is 7.49. The van der Waals surface area contributed by atoms with Crippen molar-refractivity contribution in [2.75, 3.05) is 6.61 Å². The van der Waals surface area contributed by atoms with Crippen LogP contribution in [0.3, 0.4) is 0 Å². The van der Waals surface area contributed by atoms with E-state index in [9.17, 15) is 4.39 Å². The van der Waals surface area contributed by atoms with Crippen LogP contribution < -0.4 is 4.74 Å². The molecular formula is C29H26F2N2O. The number of hydrogen-bond acceptors (Lipinski definition) is 3. The van der Waals surface area contributed by atoms with E-state index in [1.807, 2.05) is 36.4 Å². The highest BCUT2D eigenvalue weighted by Crippen LogP contribution is 2.28. The third-order valence-electron chi connectivity index (χ3n) is 5.92. The molecule has 0 aliphatic carbocycles. The first-order valence-corrected chi connectivity index (χ1v) is 11.6. The van der Waals surface area contributed by atoms with Crippen LogP contribution in [0, 0.1) is 23.0 Å². The van der Waals surface area contributed by atoms with Crippen molar-refractivity contribution in [2.45, 2.75) is 39.0 Å². The van der Waals surface area contributed by atoms with E-state index in [1.54, 1.807) is 24.4 Å². The highest BCUT2D eigenvalue weighted by atomic mass is 19.1. The van der Waals surface area contributed by atoms with Crippen LogP contribution in [-0.4, -0.2) is 11.6 Å². The maximum absolute atomic E-state index is 15.2. The first-order chi connectivity index (χ1) is 16.6. The molecule has 34 heavy (non-hydrogen) atoms. The summed E-state index contributed by atoms with van der Waals surface area (Å²) in [5.74, 6) is -0.0587. The lowest BCUT2D eigenvalue weighted by molar-refractivity contribution is 0.305. The molecule has 1 aromatic heterocycles. The molecule has 0 spiro atoms. The van der Waals surface area contributed by atoms with Crippen molar-refractivity contribution in [1.29, 1.82) is 5.26 Å². The summed E-state index contributed by atoms with van der Waals surface area (Å²) in [5.41, 5.74) is 3.03. The zero-order valence-corrected chi connectivity index (χ0v) is 19.2. The van der Waals surface area contributed by atoms with Gasteiger partial charge in [-0.25, -0.2) is 8.78 Å². The minimum atomic E-state index is -0.545. The van der Waals surface area contributed by atoms with Crippen molar-refractivity contribution in [3.63, 3.8) is 0 Å². The summed E-state index contributed by atoms with van der Waals surface area (Å²) >= 11 is 0. The molecule has 0 amide bonds. The number of unbranched alkanes of at least 4 members (excludes halogenated alkanes) is 2. The van der Waals surface area contributed by atoms with Crippen molar-refractivity contribution in [3.05, 3.63) is 95.2 Å². The van der Waals surface area contributed by atoms with Crippen LogP contribution in [0.2, 0.25) is 0 Å². The maximum Gasteiger partial charge on any atom is 0.141 e. The van der Waals surface area contributed by atoms with Gasteiger partial charge in [-0.15, -0.1) is 0 Å². The molecule has 3 nitrogen and oxygen atoms in total. The Morgan fingerprint density at radius 2 is 1.82 bits per heavy atom. The van der Waals surface area contributed by atoms with Crippen molar-refractivity contribution >= 4 is 10.8 Å². The van der Waals surface area contributed by atoms with Gasteiger partial charge in [0, 0.05) is 10.9 Å². The van der Waals surface area contributed by atoms with Crippen LogP contribution in [0.25, 0.3) is 22.0 Å². The van der Waals surface area contributed by atoms with Gasteiger partial charge in [-0.3, -0.25) is 4.98 Å². The second kappa shape index (κ2) is 10.9. The van der Waals surface area contributed by atoms with Gasteiger partial charge in [0.2, 0.25) is 0 Å². The van der Waals surface area contributed by atoms with Gasteiger partial charge in [-0.2, -0.15) is 5.26 Å². The second-order valence-corrected chi connectivity index (χ2v) is 8.34. The molecule has 0 saturated heterocycles. The first-order valence-electron chi connectivity index (χ1n) is 11.6. The number of nitrogens with zero attached hydrogens (tertiary/aromatic N) is 2. The highest BCUT2D eigenvalue weighted by Gasteiger charge is 2.11. The molecule has 1 heterocycles. The van der Waals surface area contributed by atoms with Crippen LogP contribution in [0.15, 0.2) is 66.9 Å². The van der Waals surface area contributed by atoms with Gasteiger partial charge in [-0.05, 0) is 66.1 Å². The average Bonchev–Trinajstić information content (AvgIpc) is 2.86. The zero-order valence-electron chi connectivity index (χ0n) is 19.2. The molecule has 0 aliphatic heterocycles. The van der Waals surface area contributed by atoms with E-state index in [0.29, 0.717) is 30.4 Å².